The maximum atomic E-state index is 10.8. The zero-order chi connectivity index (χ0) is 68.1. The topological polar surface area (TPSA) is 37.7 Å². The summed E-state index contributed by atoms with van der Waals surface area (Å²) in [7, 11) is 0. The van der Waals surface area contributed by atoms with Gasteiger partial charge in [-0.15, -0.1) is 0 Å². The van der Waals surface area contributed by atoms with Gasteiger partial charge in [0.05, 0.1) is 79.4 Å². The number of hydrogen-bond donors (Lipinski definition) is 0. The van der Waals surface area contributed by atoms with Crippen molar-refractivity contribution in [2.24, 2.45) is 0 Å². The van der Waals surface area contributed by atoms with Crippen LogP contribution in [0, 0.1) is 0 Å². The number of aromatic nitrogens is 1. The van der Waals surface area contributed by atoms with Crippen LogP contribution in [-0.2, 0) is 16.2 Å². The molecule has 3 aliphatic rings. The van der Waals surface area contributed by atoms with Crippen LogP contribution in [0.1, 0.15) is 113 Å². The highest BCUT2D eigenvalue weighted by Gasteiger charge is 2.50. The lowest BCUT2D eigenvalue weighted by Crippen LogP contribution is -2.61. The first kappa shape index (κ1) is 22.1. The van der Waals surface area contributed by atoms with E-state index in [1.54, 1.807) is 62.3 Å². The van der Waals surface area contributed by atoms with Crippen LogP contribution in [0.25, 0.3) is 71.5 Å². The zero-order valence-electron chi connectivity index (χ0n) is 63.2. The number of anilines is 6. The summed E-state index contributed by atoms with van der Waals surface area (Å²) in [5.41, 5.74) is -9.55. The molecule has 0 spiro atoms. The lowest BCUT2D eigenvalue weighted by atomic mass is 9.35. The van der Waals surface area contributed by atoms with Crippen LogP contribution in [0.4, 0.5) is 34.1 Å². The van der Waals surface area contributed by atoms with Gasteiger partial charge in [-0.25, -0.2) is 0 Å². The number of nitrogens with zero attached hydrogens (tertiary/aromatic N) is 3. The Labute approximate surface area is 432 Å². The maximum Gasteiger partial charge on any atom is 0.297 e. The molecule has 8 aromatic carbocycles. The summed E-state index contributed by atoms with van der Waals surface area (Å²) >= 11 is 0. The number of fused-ring (bicyclic) bond motifs is 14. The van der Waals surface area contributed by atoms with Gasteiger partial charge < -0.3 is 23.2 Å². The van der Waals surface area contributed by atoms with Gasteiger partial charge in [-0.05, 0) is 121 Å². The molecule has 0 radical (unpaired) electrons. The third-order valence-electron chi connectivity index (χ3n) is 13.1. The number of hydrogen-bond acceptors (Lipinski definition) is 4. The van der Waals surface area contributed by atoms with Gasteiger partial charge in [-0.2, -0.15) is 0 Å². The van der Waals surface area contributed by atoms with Crippen molar-refractivity contribution in [3.8, 4) is 16.8 Å². The fourth-order valence-corrected chi connectivity index (χ4v) is 9.81. The third kappa shape index (κ3) is 5.29. The molecule has 3 aromatic heterocycles. The largest absolute Gasteiger partial charge is 0.468 e. The molecule has 330 valence electrons. The minimum Gasteiger partial charge on any atom is -0.468 e. The molecule has 5 nitrogen and oxygen atoms in total. The number of para-hydroxylation sites is 3. The van der Waals surface area contributed by atoms with E-state index in [2.05, 4.69) is 0 Å². The highest BCUT2D eigenvalue weighted by molar-refractivity contribution is 7.00. The second-order valence-electron chi connectivity index (χ2n) is 20.6. The average Bonchev–Trinajstić information content (AvgIpc) is 1.60. The molecule has 14 rings (SSSR count). The Kier molecular flexibility index (Phi) is 4.28. The van der Waals surface area contributed by atoms with Crippen molar-refractivity contribution in [2.45, 2.75) is 78.6 Å². The van der Waals surface area contributed by atoms with Crippen molar-refractivity contribution in [1.29, 1.82) is 0 Å². The van der Waals surface area contributed by atoms with Crippen molar-refractivity contribution in [1.82, 2.24) is 4.57 Å². The van der Waals surface area contributed by atoms with Gasteiger partial charge in [-0.1, -0.05) is 147 Å². The maximum absolute atomic E-state index is 10.8. The molecule has 11 aromatic rings. The van der Waals surface area contributed by atoms with Gasteiger partial charge in [0.1, 0.15) is 11.2 Å². The normalized spacial score (nSPS) is 19.3. The molecule has 0 N–H and O–H groups in total. The molecule has 6 heteroatoms. The Morgan fingerprint density at radius 3 is 1.84 bits per heavy atom. The van der Waals surface area contributed by atoms with Crippen molar-refractivity contribution in [3.63, 3.8) is 0 Å². The predicted molar refractivity (Wildman–Crippen MR) is 287 cm³/mol. The summed E-state index contributed by atoms with van der Waals surface area (Å²) < 4.78 is 256. The van der Waals surface area contributed by atoms with Gasteiger partial charge in [0, 0.05) is 38.3 Å². The van der Waals surface area contributed by atoms with Gasteiger partial charge >= 0.3 is 0 Å². The Bertz CT molecular complexity index is 5460. The first-order chi connectivity index (χ1) is 43.1. The van der Waals surface area contributed by atoms with Crippen molar-refractivity contribution < 1.29 is 43.1 Å². The van der Waals surface area contributed by atoms with Crippen LogP contribution in [-0.4, -0.2) is 11.3 Å². The molecule has 0 amide bonds. The SMILES string of the molecule is [2H]c1c([2H])c([2H])c(-c2c([2H])c([2H])c3oc4c(c3c2[2H])N(c2c([2H])c([2H])c([2H])c3c2oc2c([2H])c([2H])c([2H])c([2H])c23)c2c([2H])c(C(C)(C)C)c([2H])c3c2B4c2c([2H])c([2H])c([2H])c4c2N3c2c([2H])c(C(C)(C)C)c([2H])c3c5c([2H])c(C(C)(C)C)c([2H])c([2H])c5n-4c23)c([2H])c1[2H]. The zero-order valence-corrected chi connectivity index (χ0v) is 38.2. The third-order valence-corrected chi connectivity index (χ3v) is 13.1. The first-order valence-electron chi connectivity index (χ1n) is 34.7. The lowest BCUT2D eigenvalue weighted by Gasteiger charge is -2.45. The summed E-state index contributed by atoms with van der Waals surface area (Å²) in [5.74, 6) is 0. The Hall–Kier alpha value is -7.44. The summed E-state index contributed by atoms with van der Waals surface area (Å²) in [6.45, 7) is 13.9. The fraction of sp³-hybridized carbons (Fsp3) is 0.194. The van der Waals surface area contributed by atoms with Crippen molar-refractivity contribution in [2.75, 3.05) is 9.80 Å². The van der Waals surface area contributed by atoms with Crippen LogP contribution in [0.3, 0.4) is 0 Å². The number of furan rings is 2. The van der Waals surface area contributed by atoms with Crippen LogP contribution in [0.5, 0.6) is 0 Å². The molecule has 0 fully saturated rings. The molecule has 0 unspecified atom stereocenters. The van der Waals surface area contributed by atoms with Gasteiger partial charge in [0.25, 0.3) is 6.71 Å². The lowest BCUT2D eigenvalue weighted by molar-refractivity contribution is 0.590. The first-order valence-corrected chi connectivity index (χ1v) is 22.2. The molecule has 0 bridgehead atoms. The molecule has 68 heavy (non-hydrogen) atoms. The van der Waals surface area contributed by atoms with Crippen molar-refractivity contribution in [3.05, 3.63) is 168 Å². The number of rotatable bonds is 2. The van der Waals surface area contributed by atoms with E-state index < -0.39 is 206 Å². The average molecular weight is 907 g/mol. The minimum absolute atomic E-state index is 0.00617. The van der Waals surface area contributed by atoms with Crippen LogP contribution in [0.15, 0.2) is 160 Å². The summed E-state index contributed by atoms with van der Waals surface area (Å²) in [5, 5.41) is -1.32. The van der Waals surface area contributed by atoms with E-state index >= 15 is 0 Å². The smallest absolute Gasteiger partial charge is 0.297 e. The van der Waals surface area contributed by atoms with E-state index in [-0.39, 0.29) is 107 Å². The van der Waals surface area contributed by atoms with E-state index in [4.69, 9.17) is 19.8 Å². The van der Waals surface area contributed by atoms with E-state index in [0.717, 1.165) is 4.90 Å². The Morgan fingerprint density at radius 1 is 0.441 bits per heavy atom. The monoisotopic (exact) mass is 907 g/mol. The van der Waals surface area contributed by atoms with E-state index in [9.17, 15) is 23.3 Å². The molecule has 0 atom stereocenters. The van der Waals surface area contributed by atoms with Gasteiger partial charge in [0.15, 0.2) is 5.58 Å². The second-order valence-corrected chi connectivity index (χ2v) is 20.6. The van der Waals surface area contributed by atoms with E-state index in [1.807, 2.05) is 0 Å². The molecule has 0 aliphatic carbocycles. The van der Waals surface area contributed by atoms with Gasteiger partial charge in [0.2, 0.25) is 0 Å². The fourth-order valence-electron chi connectivity index (χ4n) is 9.81. The standard InChI is InChI=1S/C62H52BN3O2/c1-60(2,3)37-26-27-46-42(30-37)43-31-38(61(4,5)6)34-51-55(43)64(46)47-22-16-21-45-57(47)66(51)50-33-39(62(7,8)9)32-49-54(50)63(45)59-56(44-29-36(25-28-53(44)68-59)35-17-11-10-12-18-35)65(49)48-23-15-20-41-40-19-13-14-24-52(40)67-58(41)48/h10-34H,1-9H3/i10D,11D,12D,13D,14D,15D,16D,17D,18D,19D,20D,21D,22D,23D,24D,25D,26D,27D,28D,29D,30D,31D,32D,33D,34D. The summed E-state index contributed by atoms with van der Waals surface area (Å²) in [6.07, 6.45) is 0. The van der Waals surface area contributed by atoms with Gasteiger partial charge in [-0.3, -0.25) is 0 Å². The summed E-state index contributed by atoms with van der Waals surface area (Å²) in [6, 6.07) is -17.0. The Morgan fingerprint density at radius 2 is 1.07 bits per heavy atom. The van der Waals surface area contributed by atoms with E-state index in [1.165, 1.54) is 9.47 Å². The highest BCUT2D eigenvalue weighted by atomic mass is 16.3. The molecule has 0 saturated carbocycles. The minimum atomic E-state index is -1.79. The highest BCUT2D eigenvalue weighted by Crippen LogP contribution is 2.55. The quantitative estimate of drug-likeness (QED) is 0.162. The van der Waals surface area contributed by atoms with Crippen molar-refractivity contribution >= 4 is 112 Å². The molecule has 3 aliphatic heterocycles. The van der Waals surface area contributed by atoms with Crippen LogP contribution < -0.4 is 26.4 Å². The van der Waals surface area contributed by atoms with Crippen LogP contribution >= 0.6 is 0 Å². The van der Waals surface area contributed by atoms with E-state index in [0.29, 0.717) is 0 Å². The predicted octanol–water partition coefficient (Wildman–Crippen LogP) is 15.4. The Balaban J connectivity index is 1.30. The summed E-state index contributed by atoms with van der Waals surface area (Å²) in [4.78, 5) is 2.57. The second kappa shape index (κ2) is 13.2. The molecule has 0 saturated heterocycles. The molecule has 6 heterocycles. The van der Waals surface area contributed by atoms with Crippen LogP contribution in [0.2, 0.25) is 0 Å². The molecular formula is C62H52BN3O2. The number of benzene rings is 8. The molecular weight excluding hydrogens is 830 g/mol.